The monoisotopic (exact) mass is 191 g/mol. The lowest BCUT2D eigenvalue weighted by Gasteiger charge is -2.05. The first kappa shape index (κ1) is 9.05. The fourth-order valence-electron chi connectivity index (χ4n) is 1.56. The molecule has 1 aromatic heterocycles. The summed E-state index contributed by atoms with van der Waals surface area (Å²) in [7, 11) is 0. The van der Waals surface area contributed by atoms with E-state index in [4.69, 9.17) is 0 Å². The van der Waals surface area contributed by atoms with E-state index in [0.717, 1.165) is 16.5 Å². The zero-order valence-electron chi connectivity index (χ0n) is 7.58. The Kier molecular flexibility index (Phi) is 2.39. The average Bonchev–Trinajstić information content (AvgIpc) is 2.57. The second-order valence-corrected chi connectivity index (χ2v) is 3.19. The minimum atomic E-state index is 0.244. The maximum Gasteiger partial charge on any atom is 0.116 e. The molecule has 0 radical (unpaired) electrons. The molecule has 4 heteroatoms. The van der Waals surface area contributed by atoms with Crippen molar-refractivity contribution in [3.05, 3.63) is 35.2 Å². The molecule has 0 bridgehead atoms. The molecule has 0 unspecified atom stereocenters. The third kappa shape index (κ3) is 1.57. The number of aromatic hydroxyl groups is 1. The van der Waals surface area contributed by atoms with Gasteiger partial charge in [-0.3, -0.25) is 0 Å². The van der Waals surface area contributed by atoms with Crippen molar-refractivity contribution < 1.29 is 5.11 Å². The van der Waals surface area contributed by atoms with Crippen molar-refractivity contribution in [2.24, 2.45) is 0 Å². The summed E-state index contributed by atoms with van der Waals surface area (Å²) in [6.45, 7) is 0.391. The number of nitrogens with one attached hydrogen (secondary N) is 2. The van der Waals surface area contributed by atoms with Crippen LogP contribution in [0.2, 0.25) is 0 Å². The van der Waals surface area contributed by atoms with Gasteiger partial charge in [0.25, 0.3) is 0 Å². The number of H-pyrrole nitrogens is 1. The molecule has 3 N–H and O–H groups in total. The van der Waals surface area contributed by atoms with Gasteiger partial charge in [-0.1, -0.05) is 0 Å². The number of aromatic amines is 1. The lowest BCUT2D eigenvalue weighted by molar-refractivity contribution is 0.476. The van der Waals surface area contributed by atoms with Crippen LogP contribution >= 0.6 is 0 Å². The maximum atomic E-state index is 10.1. The Bertz CT molecular complexity index is 437. The maximum absolute atomic E-state index is 10.1. The number of hydrogen-bond donors (Lipinski definition) is 3. The van der Waals surface area contributed by atoms with Crippen molar-refractivity contribution in [2.45, 2.75) is 6.42 Å². The smallest absolute Gasteiger partial charge is 0.116 e. The fourth-order valence-corrected chi connectivity index (χ4v) is 1.56. The van der Waals surface area contributed by atoms with Gasteiger partial charge in [0.1, 0.15) is 5.75 Å². The number of hydroxylamine groups is 1. The van der Waals surface area contributed by atoms with Crippen molar-refractivity contribution in [3.63, 3.8) is 0 Å². The van der Waals surface area contributed by atoms with Crippen LogP contribution in [0.5, 0.6) is 5.75 Å². The van der Waals surface area contributed by atoms with E-state index in [-0.39, 0.29) is 5.75 Å². The summed E-state index contributed by atoms with van der Waals surface area (Å²) < 4.78 is 0. The van der Waals surface area contributed by atoms with Gasteiger partial charge in [-0.15, -0.1) is 0 Å². The van der Waals surface area contributed by atoms with Gasteiger partial charge in [-0.05, 0) is 36.7 Å². The molecule has 74 valence electrons. The average molecular weight is 191 g/mol. The molecule has 0 atom stereocenters. The van der Waals surface area contributed by atoms with Crippen LogP contribution in [-0.2, 0) is 6.42 Å². The van der Waals surface area contributed by atoms with Crippen LogP contribution in [0.3, 0.4) is 0 Å². The number of fused-ring (bicyclic) bond motifs is 1. The molecule has 1 aromatic carbocycles. The van der Waals surface area contributed by atoms with E-state index in [9.17, 15) is 10.3 Å². The van der Waals surface area contributed by atoms with Gasteiger partial charge in [0.2, 0.25) is 0 Å². The van der Waals surface area contributed by atoms with E-state index in [1.165, 1.54) is 0 Å². The van der Waals surface area contributed by atoms with Crippen LogP contribution in [0.1, 0.15) is 5.56 Å². The van der Waals surface area contributed by atoms with Gasteiger partial charge < -0.3 is 20.8 Å². The fraction of sp³-hybridized carbons (Fsp3) is 0.200. The van der Waals surface area contributed by atoms with Crippen molar-refractivity contribution in [1.29, 1.82) is 0 Å². The predicted octanol–water partition coefficient (Wildman–Crippen LogP) is 1.50. The highest BCUT2D eigenvalue weighted by Gasteiger charge is 2.02. The summed E-state index contributed by atoms with van der Waals surface area (Å²) in [5.41, 5.74) is 3.88. The van der Waals surface area contributed by atoms with Crippen LogP contribution in [0, 0.1) is 5.21 Å². The topological polar surface area (TPSA) is 71.1 Å². The molecule has 4 nitrogen and oxygen atoms in total. The molecule has 0 fully saturated rings. The highest BCUT2D eigenvalue weighted by Crippen LogP contribution is 2.22. The molecule has 0 spiro atoms. The quantitative estimate of drug-likeness (QED) is 0.644. The molecule has 0 saturated heterocycles. The van der Waals surface area contributed by atoms with Crippen LogP contribution in [0.4, 0.5) is 0 Å². The third-order valence-electron chi connectivity index (χ3n) is 2.25. The molecular weight excluding hydrogens is 180 g/mol. The Labute approximate surface area is 81.1 Å². The second kappa shape index (κ2) is 3.69. The van der Waals surface area contributed by atoms with E-state index < -0.39 is 0 Å². The van der Waals surface area contributed by atoms with Gasteiger partial charge in [-0.25, -0.2) is 0 Å². The Hall–Kier alpha value is -1.52. The SMILES string of the molecule is [O-]NCCc1c[nH]c2ccc(O)cc12. The van der Waals surface area contributed by atoms with E-state index in [0.29, 0.717) is 13.0 Å². The van der Waals surface area contributed by atoms with E-state index in [2.05, 4.69) is 4.98 Å². The van der Waals surface area contributed by atoms with Crippen molar-refractivity contribution in [3.8, 4) is 5.75 Å². The molecular formula is C10H11N2O2-. The first-order valence-electron chi connectivity index (χ1n) is 4.45. The van der Waals surface area contributed by atoms with Gasteiger partial charge >= 0.3 is 0 Å². The number of aromatic nitrogens is 1. The minimum Gasteiger partial charge on any atom is -0.788 e. The number of hydrogen-bond acceptors (Lipinski definition) is 3. The summed E-state index contributed by atoms with van der Waals surface area (Å²) in [4.78, 5) is 3.08. The predicted molar refractivity (Wildman–Crippen MR) is 55.0 cm³/mol. The summed E-state index contributed by atoms with van der Waals surface area (Å²) >= 11 is 0. The molecule has 2 rings (SSSR count). The molecule has 0 aliphatic carbocycles. The Morgan fingerprint density at radius 3 is 3.07 bits per heavy atom. The van der Waals surface area contributed by atoms with E-state index in [1.807, 2.05) is 17.7 Å². The normalized spacial score (nSPS) is 10.9. The zero-order valence-corrected chi connectivity index (χ0v) is 7.58. The van der Waals surface area contributed by atoms with E-state index in [1.54, 1.807) is 12.1 Å². The molecule has 0 saturated carbocycles. The summed E-state index contributed by atoms with van der Waals surface area (Å²) in [5.74, 6) is 0.244. The van der Waals surface area contributed by atoms with Crippen LogP contribution in [0.25, 0.3) is 10.9 Å². The largest absolute Gasteiger partial charge is 0.788 e. The summed E-state index contributed by atoms with van der Waals surface area (Å²) in [6.07, 6.45) is 2.52. The van der Waals surface area contributed by atoms with Gasteiger partial charge in [0.05, 0.1) is 0 Å². The standard InChI is InChI=1S/C10H11N2O2/c13-8-1-2-10-9(5-8)7(6-11-10)3-4-12-14/h1-2,5-6,11-13H,3-4H2/q-1. The Balaban J connectivity index is 2.40. The van der Waals surface area contributed by atoms with E-state index >= 15 is 0 Å². The third-order valence-corrected chi connectivity index (χ3v) is 2.25. The molecule has 14 heavy (non-hydrogen) atoms. The lowest BCUT2D eigenvalue weighted by Crippen LogP contribution is -2.07. The molecule has 0 aliphatic rings. The van der Waals surface area contributed by atoms with Crippen LogP contribution in [0.15, 0.2) is 24.4 Å². The van der Waals surface area contributed by atoms with Crippen molar-refractivity contribution >= 4 is 10.9 Å². The lowest BCUT2D eigenvalue weighted by atomic mass is 10.1. The van der Waals surface area contributed by atoms with Crippen LogP contribution < -0.4 is 5.48 Å². The second-order valence-electron chi connectivity index (χ2n) is 3.19. The number of phenols is 1. The Morgan fingerprint density at radius 2 is 2.29 bits per heavy atom. The molecule has 1 heterocycles. The van der Waals surface area contributed by atoms with Gasteiger partial charge in [-0.2, -0.15) is 0 Å². The highest BCUT2D eigenvalue weighted by atomic mass is 16.5. The molecule has 0 aliphatic heterocycles. The summed E-state index contributed by atoms with van der Waals surface area (Å²) in [5, 5.41) is 20.4. The van der Waals surface area contributed by atoms with Gasteiger partial charge in [0, 0.05) is 17.1 Å². The number of benzene rings is 1. The first-order chi connectivity index (χ1) is 6.81. The molecule has 0 amide bonds. The highest BCUT2D eigenvalue weighted by molar-refractivity contribution is 5.84. The number of rotatable bonds is 3. The summed E-state index contributed by atoms with van der Waals surface area (Å²) in [6, 6.07) is 5.15. The Morgan fingerprint density at radius 1 is 1.43 bits per heavy atom. The van der Waals surface area contributed by atoms with Crippen molar-refractivity contribution in [1.82, 2.24) is 10.5 Å². The molecule has 2 aromatic rings. The number of phenolic OH excluding ortho intramolecular Hbond substituents is 1. The first-order valence-corrected chi connectivity index (χ1v) is 4.45. The van der Waals surface area contributed by atoms with Crippen LogP contribution in [-0.4, -0.2) is 16.6 Å². The zero-order chi connectivity index (χ0) is 9.97. The van der Waals surface area contributed by atoms with Crippen molar-refractivity contribution in [2.75, 3.05) is 6.54 Å². The minimum absolute atomic E-state index is 0.244. The van der Waals surface area contributed by atoms with Gasteiger partial charge in [0.15, 0.2) is 0 Å².